The fourth-order valence-electron chi connectivity index (χ4n) is 2.20. The van der Waals surface area contributed by atoms with Crippen LogP contribution in [-0.2, 0) is 0 Å². The second-order valence-corrected chi connectivity index (χ2v) is 4.56. The summed E-state index contributed by atoms with van der Waals surface area (Å²) in [4.78, 5) is 4.60. The smallest absolute Gasteiger partial charge is 0.181 e. The Hall–Kier alpha value is -2.16. The van der Waals surface area contributed by atoms with Crippen molar-refractivity contribution < 1.29 is 0 Å². The second-order valence-electron chi connectivity index (χ2n) is 4.56. The maximum absolute atomic E-state index is 4.60. The van der Waals surface area contributed by atoms with Crippen LogP contribution in [0, 0.1) is 5.92 Å². The summed E-state index contributed by atoms with van der Waals surface area (Å²) in [6, 6.07) is 10.0. The lowest BCUT2D eigenvalue weighted by Crippen LogP contribution is -2.09. The molecule has 1 aromatic carbocycles. The van der Waals surface area contributed by atoms with Crippen LogP contribution in [0.1, 0.15) is 18.7 Å². The fraction of sp³-hybridized carbons (Fsp3) is 0.200. The standard InChI is InChI=1S/C15H15N3/c1-11-7-5-6-10-13(11)15-16-14(17-18-15)12-8-3-2-4-9-12/h2-11,13H,1H3,(H,16,17,18). The number of hydrogen-bond acceptors (Lipinski definition) is 2. The summed E-state index contributed by atoms with van der Waals surface area (Å²) in [5.41, 5.74) is 1.04. The maximum atomic E-state index is 4.60. The van der Waals surface area contributed by atoms with Crippen molar-refractivity contribution in [3.63, 3.8) is 0 Å². The summed E-state index contributed by atoms with van der Waals surface area (Å²) >= 11 is 0. The molecule has 3 nitrogen and oxygen atoms in total. The van der Waals surface area contributed by atoms with E-state index in [2.05, 4.69) is 46.4 Å². The Morgan fingerprint density at radius 3 is 2.61 bits per heavy atom. The molecule has 1 N–H and O–H groups in total. The number of hydrogen-bond donors (Lipinski definition) is 1. The van der Waals surface area contributed by atoms with Gasteiger partial charge in [0.15, 0.2) is 5.82 Å². The van der Waals surface area contributed by atoms with Gasteiger partial charge >= 0.3 is 0 Å². The predicted octanol–water partition coefficient (Wildman–Crippen LogP) is 3.32. The Bertz CT molecular complexity index is 581. The molecule has 1 aliphatic carbocycles. The molecule has 18 heavy (non-hydrogen) atoms. The quantitative estimate of drug-likeness (QED) is 0.870. The number of nitrogens with one attached hydrogen (secondary N) is 1. The third-order valence-corrected chi connectivity index (χ3v) is 3.26. The van der Waals surface area contributed by atoms with E-state index < -0.39 is 0 Å². The van der Waals surface area contributed by atoms with E-state index in [1.165, 1.54) is 0 Å². The van der Waals surface area contributed by atoms with E-state index in [1.54, 1.807) is 0 Å². The minimum atomic E-state index is 0.292. The Morgan fingerprint density at radius 2 is 1.83 bits per heavy atom. The highest BCUT2D eigenvalue weighted by atomic mass is 15.2. The predicted molar refractivity (Wildman–Crippen MR) is 72.0 cm³/mol. The molecule has 90 valence electrons. The third kappa shape index (κ3) is 1.99. The van der Waals surface area contributed by atoms with Gasteiger partial charge in [-0.2, -0.15) is 5.10 Å². The van der Waals surface area contributed by atoms with Crippen LogP contribution in [0.25, 0.3) is 11.4 Å². The summed E-state index contributed by atoms with van der Waals surface area (Å²) < 4.78 is 0. The van der Waals surface area contributed by atoms with Crippen LogP contribution in [0.4, 0.5) is 0 Å². The minimum Gasteiger partial charge on any atom is -0.262 e. The van der Waals surface area contributed by atoms with E-state index in [-0.39, 0.29) is 0 Å². The SMILES string of the molecule is CC1C=CC=CC1c1nc(-c2ccccc2)n[nH]1. The first-order valence-electron chi connectivity index (χ1n) is 6.17. The minimum absolute atomic E-state index is 0.292. The second kappa shape index (κ2) is 4.61. The van der Waals surface area contributed by atoms with Gasteiger partial charge in [0.05, 0.1) is 0 Å². The highest BCUT2D eigenvalue weighted by Crippen LogP contribution is 2.28. The Kier molecular flexibility index (Phi) is 2.81. The van der Waals surface area contributed by atoms with Crippen molar-refractivity contribution in [2.24, 2.45) is 5.92 Å². The van der Waals surface area contributed by atoms with Gasteiger partial charge < -0.3 is 0 Å². The molecule has 1 heterocycles. The summed E-state index contributed by atoms with van der Waals surface area (Å²) in [6.45, 7) is 2.19. The Balaban J connectivity index is 1.90. The summed E-state index contributed by atoms with van der Waals surface area (Å²) in [5.74, 6) is 2.44. The van der Waals surface area contributed by atoms with Crippen LogP contribution in [0.15, 0.2) is 54.6 Å². The molecule has 0 saturated carbocycles. The third-order valence-electron chi connectivity index (χ3n) is 3.26. The van der Waals surface area contributed by atoms with Gasteiger partial charge in [-0.25, -0.2) is 4.98 Å². The molecular formula is C15H15N3. The Morgan fingerprint density at radius 1 is 1.06 bits per heavy atom. The molecule has 2 atom stereocenters. The van der Waals surface area contributed by atoms with Crippen LogP contribution in [0.3, 0.4) is 0 Å². The van der Waals surface area contributed by atoms with Crippen LogP contribution < -0.4 is 0 Å². The first kappa shape index (κ1) is 11.0. The molecule has 0 spiro atoms. The van der Waals surface area contributed by atoms with Crippen LogP contribution in [0.2, 0.25) is 0 Å². The van der Waals surface area contributed by atoms with Gasteiger partial charge in [0, 0.05) is 11.5 Å². The average molecular weight is 237 g/mol. The number of rotatable bonds is 2. The molecule has 0 bridgehead atoms. The largest absolute Gasteiger partial charge is 0.262 e. The summed E-state index contributed by atoms with van der Waals surface area (Å²) in [7, 11) is 0. The average Bonchev–Trinajstić information content (AvgIpc) is 2.90. The van der Waals surface area contributed by atoms with Gasteiger partial charge in [-0.05, 0) is 5.92 Å². The molecule has 0 aliphatic heterocycles. The lowest BCUT2D eigenvalue weighted by molar-refractivity contribution is 0.604. The van der Waals surface area contributed by atoms with Gasteiger partial charge in [-0.15, -0.1) is 0 Å². The molecule has 2 aromatic rings. The van der Waals surface area contributed by atoms with E-state index in [0.29, 0.717) is 11.8 Å². The van der Waals surface area contributed by atoms with Crippen LogP contribution >= 0.6 is 0 Å². The van der Waals surface area contributed by atoms with Crippen LogP contribution in [-0.4, -0.2) is 15.2 Å². The van der Waals surface area contributed by atoms with Gasteiger partial charge in [-0.1, -0.05) is 61.6 Å². The number of aromatic nitrogens is 3. The molecule has 2 unspecified atom stereocenters. The first-order valence-corrected chi connectivity index (χ1v) is 6.17. The number of aromatic amines is 1. The molecule has 1 aromatic heterocycles. The molecule has 0 radical (unpaired) electrons. The number of H-pyrrole nitrogens is 1. The molecule has 3 rings (SSSR count). The zero-order chi connectivity index (χ0) is 12.4. The van der Waals surface area contributed by atoms with E-state index in [9.17, 15) is 0 Å². The van der Waals surface area contributed by atoms with E-state index >= 15 is 0 Å². The van der Waals surface area contributed by atoms with Crippen molar-refractivity contribution in [2.45, 2.75) is 12.8 Å². The molecule has 3 heteroatoms. The highest BCUT2D eigenvalue weighted by Gasteiger charge is 2.20. The molecule has 1 aliphatic rings. The van der Waals surface area contributed by atoms with Crippen molar-refractivity contribution >= 4 is 0 Å². The monoisotopic (exact) mass is 237 g/mol. The number of nitrogens with zero attached hydrogens (tertiary/aromatic N) is 2. The number of benzene rings is 1. The van der Waals surface area contributed by atoms with Gasteiger partial charge in [0.1, 0.15) is 5.82 Å². The zero-order valence-electron chi connectivity index (χ0n) is 10.2. The maximum Gasteiger partial charge on any atom is 0.181 e. The number of allylic oxidation sites excluding steroid dienone is 4. The van der Waals surface area contributed by atoms with Crippen molar-refractivity contribution in [3.8, 4) is 11.4 Å². The summed E-state index contributed by atoms with van der Waals surface area (Å²) in [6.07, 6.45) is 8.50. The van der Waals surface area contributed by atoms with Crippen LogP contribution in [0.5, 0.6) is 0 Å². The first-order chi connectivity index (χ1) is 8.84. The molecule has 0 fully saturated rings. The van der Waals surface area contributed by atoms with Gasteiger partial charge in [-0.3, -0.25) is 5.10 Å². The lowest BCUT2D eigenvalue weighted by atomic mass is 9.89. The van der Waals surface area contributed by atoms with Gasteiger partial charge in [0.2, 0.25) is 0 Å². The van der Waals surface area contributed by atoms with Crippen molar-refractivity contribution in [1.82, 2.24) is 15.2 Å². The molecule has 0 amide bonds. The van der Waals surface area contributed by atoms with Crippen molar-refractivity contribution in [3.05, 3.63) is 60.5 Å². The fourth-order valence-corrected chi connectivity index (χ4v) is 2.20. The Labute approximate surface area is 106 Å². The molecule has 0 saturated heterocycles. The van der Waals surface area contributed by atoms with E-state index in [4.69, 9.17) is 0 Å². The van der Waals surface area contributed by atoms with E-state index in [1.807, 2.05) is 30.3 Å². The highest BCUT2D eigenvalue weighted by molar-refractivity contribution is 5.54. The topological polar surface area (TPSA) is 41.6 Å². The zero-order valence-corrected chi connectivity index (χ0v) is 10.2. The lowest BCUT2D eigenvalue weighted by Gasteiger charge is -2.17. The van der Waals surface area contributed by atoms with Gasteiger partial charge in [0.25, 0.3) is 0 Å². The normalized spacial score (nSPS) is 22.3. The molecular weight excluding hydrogens is 222 g/mol. The van der Waals surface area contributed by atoms with E-state index in [0.717, 1.165) is 17.2 Å². The summed E-state index contributed by atoms with van der Waals surface area (Å²) in [5, 5.41) is 7.36. The van der Waals surface area contributed by atoms with Crippen molar-refractivity contribution in [2.75, 3.05) is 0 Å². The van der Waals surface area contributed by atoms with Crippen molar-refractivity contribution in [1.29, 1.82) is 0 Å².